The van der Waals surface area contributed by atoms with Crippen LogP contribution in [0.3, 0.4) is 0 Å². The van der Waals surface area contributed by atoms with Gasteiger partial charge in [-0.05, 0) is 12.8 Å². The minimum Gasteiger partial charge on any atom is -0.376 e. The lowest BCUT2D eigenvalue weighted by molar-refractivity contribution is 0.0958. The molecule has 0 saturated carbocycles. The van der Waals surface area contributed by atoms with Crippen LogP contribution in [0.2, 0.25) is 0 Å². The van der Waals surface area contributed by atoms with Gasteiger partial charge in [0, 0.05) is 18.9 Å². The summed E-state index contributed by atoms with van der Waals surface area (Å²) < 4.78 is 6.86. The normalized spacial score (nSPS) is 21.3. The Morgan fingerprint density at radius 3 is 3.07 bits per heavy atom. The van der Waals surface area contributed by atoms with Crippen LogP contribution in [0.5, 0.6) is 0 Å². The average molecular weight is 196 g/mol. The molecule has 0 amide bonds. The molecule has 1 aromatic rings. The Balaban J connectivity index is 2.16. The number of hydrogen-bond acceptors (Lipinski definition) is 3. The van der Waals surface area contributed by atoms with Crippen LogP contribution in [0.1, 0.15) is 12.8 Å². The van der Waals surface area contributed by atoms with Crippen LogP contribution in [0.15, 0.2) is 21.9 Å². The first kappa shape index (κ1) is 9.21. The van der Waals surface area contributed by atoms with Crippen molar-refractivity contribution >= 4 is 0 Å². The minimum absolute atomic E-state index is 0.110. The summed E-state index contributed by atoms with van der Waals surface area (Å²) in [7, 11) is 0. The molecule has 0 radical (unpaired) electrons. The molecule has 76 valence electrons. The quantitative estimate of drug-likeness (QED) is 0.707. The molecule has 2 heterocycles. The monoisotopic (exact) mass is 196 g/mol. The Morgan fingerprint density at radius 2 is 2.43 bits per heavy atom. The SMILES string of the molecule is O=c1ccn(CC2CCCO2)c(=O)[nH]1. The maximum absolute atomic E-state index is 11.3. The van der Waals surface area contributed by atoms with E-state index in [2.05, 4.69) is 4.98 Å². The van der Waals surface area contributed by atoms with Gasteiger partial charge < -0.3 is 4.74 Å². The molecule has 5 heteroatoms. The highest BCUT2D eigenvalue weighted by molar-refractivity contribution is 4.83. The zero-order valence-corrected chi connectivity index (χ0v) is 7.73. The molecule has 0 spiro atoms. The van der Waals surface area contributed by atoms with E-state index in [0.717, 1.165) is 19.4 Å². The third-order valence-corrected chi connectivity index (χ3v) is 2.32. The van der Waals surface area contributed by atoms with Crippen molar-refractivity contribution in [2.24, 2.45) is 0 Å². The standard InChI is InChI=1S/C9H12N2O3/c12-8-3-4-11(9(13)10-8)6-7-2-1-5-14-7/h3-4,7H,1-2,5-6H2,(H,10,12,13). The summed E-state index contributed by atoms with van der Waals surface area (Å²) in [6, 6.07) is 1.34. The maximum Gasteiger partial charge on any atom is 0.328 e. The molecule has 1 saturated heterocycles. The molecule has 1 aliphatic rings. The van der Waals surface area contributed by atoms with Gasteiger partial charge in [-0.25, -0.2) is 4.79 Å². The van der Waals surface area contributed by atoms with Gasteiger partial charge >= 0.3 is 5.69 Å². The van der Waals surface area contributed by atoms with Crippen LogP contribution in [-0.4, -0.2) is 22.3 Å². The molecule has 0 aliphatic carbocycles. The molecule has 2 rings (SSSR count). The van der Waals surface area contributed by atoms with Gasteiger partial charge in [-0.2, -0.15) is 0 Å². The molecule has 1 unspecified atom stereocenters. The van der Waals surface area contributed by atoms with Crippen molar-refractivity contribution in [1.82, 2.24) is 9.55 Å². The molecule has 1 N–H and O–H groups in total. The van der Waals surface area contributed by atoms with Crippen molar-refractivity contribution in [3.05, 3.63) is 33.1 Å². The molecule has 1 atom stereocenters. The fourth-order valence-corrected chi connectivity index (χ4v) is 1.60. The zero-order chi connectivity index (χ0) is 9.97. The molecular weight excluding hydrogens is 184 g/mol. The summed E-state index contributed by atoms with van der Waals surface area (Å²) >= 11 is 0. The Morgan fingerprint density at radius 1 is 1.57 bits per heavy atom. The number of nitrogens with zero attached hydrogens (tertiary/aromatic N) is 1. The van der Waals surface area contributed by atoms with Crippen molar-refractivity contribution in [1.29, 1.82) is 0 Å². The van der Waals surface area contributed by atoms with Crippen LogP contribution < -0.4 is 11.2 Å². The zero-order valence-electron chi connectivity index (χ0n) is 7.73. The van der Waals surface area contributed by atoms with Gasteiger partial charge in [0.25, 0.3) is 5.56 Å². The molecule has 1 fully saturated rings. The highest BCUT2D eigenvalue weighted by atomic mass is 16.5. The first-order valence-corrected chi connectivity index (χ1v) is 4.67. The maximum atomic E-state index is 11.3. The van der Waals surface area contributed by atoms with Gasteiger partial charge in [0.1, 0.15) is 0 Å². The van der Waals surface area contributed by atoms with Crippen molar-refractivity contribution < 1.29 is 4.74 Å². The molecular formula is C9H12N2O3. The van der Waals surface area contributed by atoms with E-state index in [1.54, 1.807) is 0 Å². The lowest BCUT2D eigenvalue weighted by Gasteiger charge is -2.10. The van der Waals surface area contributed by atoms with E-state index in [-0.39, 0.29) is 17.4 Å². The lowest BCUT2D eigenvalue weighted by atomic mass is 10.2. The van der Waals surface area contributed by atoms with E-state index in [1.807, 2.05) is 0 Å². The molecule has 1 aliphatic heterocycles. The Kier molecular flexibility index (Phi) is 2.49. The van der Waals surface area contributed by atoms with E-state index >= 15 is 0 Å². The fraction of sp³-hybridized carbons (Fsp3) is 0.556. The Bertz CT molecular complexity index is 415. The second kappa shape index (κ2) is 3.79. The fourth-order valence-electron chi connectivity index (χ4n) is 1.60. The summed E-state index contributed by atoms with van der Waals surface area (Å²) in [6.07, 6.45) is 3.63. The molecule has 14 heavy (non-hydrogen) atoms. The van der Waals surface area contributed by atoms with E-state index in [4.69, 9.17) is 4.74 Å². The summed E-state index contributed by atoms with van der Waals surface area (Å²) in [5.74, 6) is 0. The molecule has 0 aromatic carbocycles. The van der Waals surface area contributed by atoms with Crippen LogP contribution in [0, 0.1) is 0 Å². The first-order valence-electron chi connectivity index (χ1n) is 4.67. The topological polar surface area (TPSA) is 64.1 Å². The van der Waals surface area contributed by atoms with E-state index < -0.39 is 0 Å². The smallest absolute Gasteiger partial charge is 0.328 e. The van der Waals surface area contributed by atoms with Crippen LogP contribution in [0.25, 0.3) is 0 Å². The summed E-state index contributed by atoms with van der Waals surface area (Å²) in [5.41, 5.74) is -0.730. The molecule has 5 nitrogen and oxygen atoms in total. The number of nitrogens with one attached hydrogen (secondary N) is 1. The second-order valence-corrected chi connectivity index (χ2v) is 3.40. The van der Waals surface area contributed by atoms with Crippen molar-refractivity contribution in [2.75, 3.05) is 6.61 Å². The number of aromatic amines is 1. The van der Waals surface area contributed by atoms with Gasteiger partial charge in [-0.1, -0.05) is 0 Å². The van der Waals surface area contributed by atoms with E-state index in [0.29, 0.717) is 6.54 Å². The van der Waals surface area contributed by atoms with Gasteiger partial charge in [0.15, 0.2) is 0 Å². The molecule has 1 aromatic heterocycles. The van der Waals surface area contributed by atoms with E-state index in [1.165, 1.54) is 16.8 Å². The number of hydrogen-bond donors (Lipinski definition) is 1. The Labute approximate surface area is 80.3 Å². The summed E-state index contributed by atoms with van der Waals surface area (Å²) in [6.45, 7) is 1.29. The molecule has 0 bridgehead atoms. The van der Waals surface area contributed by atoms with Crippen LogP contribution >= 0.6 is 0 Å². The van der Waals surface area contributed by atoms with Crippen LogP contribution in [0.4, 0.5) is 0 Å². The second-order valence-electron chi connectivity index (χ2n) is 3.40. The van der Waals surface area contributed by atoms with Gasteiger partial charge in [0.2, 0.25) is 0 Å². The summed E-state index contributed by atoms with van der Waals surface area (Å²) in [5, 5.41) is 0. The van der Waals surface area contributed by atoms with Gasteiger partial charge in [-0.3, -0.25) is 14.3 Å². The lowest BCUT2D eigenvalue weighted by Crippen LogP contribution is -2.31. The highest BCUT2D eigenvalue weighted by Crippen LogP contribution is 2.12. The largest absolute Gasteiger partial charge is 0.376 e. The predicted molar refractivity (Wildman–Crippen MR) is 50.3 cm³/mol. The van der Waals surface area contributed by atoms with Crippen LogP contribution in [-0.2, 0) is 11.3 Å². The third-order valence-electron chi connectivity index (χ3n) is 2.32. The third kappa shape index (κ3) is 1.93. The number of aromatic nitrogens is 2. The number of rotatable bonds is 2. The first-order chi connectivity index (χ1) is 6.75. The van der Waals surface area contributed by atoms with Crippen molar-refractivity contribution in [2.45, 2.75) is 25.5 Å². The van der Waals surface area contributed by atoms with Gasteiger partial charge in [-0.15, -0.1) is 0 Å². The van der Waals surface area contributed by atoms with Crippen molar-refractivity contribution in [3.8, 4) is 0 Å². The summed E-state index contributed by atoms with van der Waals surface area (Å²) in [4.78, 5) is 24.3. The Hall–Kier alpha value is -1.36. The number of ether oxygens (including phenoxy) is 1. The average Bonchev–Trinajstić information content (AvgIpc) is 2.62. The van der Waals surface area contributed by atoms with Crippen molar-refractivity contribution in [3.63, 3.8) is 0 Å². The minimum atomic E-state index is -0.368. The predicted octanol–water partition coefficient (Wildman–Crippen LogP) is -0.284. The number of H-pyrrole nitrogens is 1. The van der Waals surface area contributed by atoms with E-state index in [9.17, 15) is 9.59 Å². The highest BCUT2D eigenvalue weighted by Gasteiger charge is 2.16. The van der Waals surface area contributed by atoms with Gasteiger partial charge in [0.05, 0.1) is 12.6 Å².